The third-order valence-corrected chi connectivity index (χ3v) is 17.6. The Morgan fingerprint density at radius 2 is 0.640 bits per heavy atom. The number of methoxy groups -OCH3 is 3. The number of ether oxygens (including phenoxy) is 3. The average molecular weight is 1530 g/mol. The molecule has 8 aromatic carbocycles. The van der Waals surface area contributed by atoms with E-state index in [2.05, 4.69) is 99.3 Å². The minimum Gasteiger partial charge on any atom is -0.496 e. The normalized spacial score (nSPS) is 10.3. The first kappa shape index (κ1) is 82.4. The molecule has 8 heterocycles. The lowest BCUT2D eigenvalue weighted by Crippen LogP contribution is -1.91. The van der Waals surface area contributed by atoms with Crippen LogP contribution in [0.4, 0.5) is 4.39 Å². The second-order valence-electron chi connectivity index (χ2n) is 25.6. The van der Waals surface area contributed by atoms with E-state index in [1.807, 2.05) is 226 Å². The Labute approximate surface area is 654 Å². The van der Waals surface area contributed by atoms with Crippen molar-refractivity contribution in [3.63, 3.8) is 0 Å². The van der Waals surface area contributed by atoms with E-state index in [0.717, 1.165) is 152 Å². The number of benzene rings is 8. The Morgan fingerprint density at radius 3 is 1.09 bits per heavy atom. The zero-order valence-corrected chi connectivity index (χ0v) is 66.5. The number of para-hydroxylation sites is 3. The maximum atomic E-state index is 13.4. The number of aryl methyl sites for hydroxylation is 11. The van der Waals surface area contributed by atoms with Gasteiger partial charge in [-0.2, -0.15) is 0 Å². The monoisotopic (exact) mass is 1530 g/mol. The van der Waals surface area contributed by atoms with Gasteiger partial charge in [0.05, 0.1) is 44.0 Å². The number of aromatic nitrogens is 8. The summed E-state index contributed by atoms with van der Waals surface area (Å²) in [6, 6.07) is 69.3. The molecule has 8 aromatic heterocycles. The van der Waals surface area contributed by atoms with Gasteiger partial charge in [0.25, 0.3) is 0 Å². The SMILES string of the molecule is COc1c(F)cccc1-c1cc(C)on1.COc1ccccc1-c1cc(C)no1.COc1ccccc1-c1cc(C)on1.Cc1cc(-c2cccc(C)c2C)no1.Cc1cc(-c2cccc(Cl)c2C)no1.Cc1cc(-c2cccc(Cl)c2C)on1.Cc1cc(-c2ccccc2)on1.Cc1cc(C)cc(-c2cc(C)on2)c1. The lowest BCUT2D eigenvalue weighted by molar-refractivity contribution is 0.385. The van der Waals surface area contributed by atoms with Gasteiger partial charge in [0.15, 0.2) is 28.8 Å². The number of hydrogen-bond donors (Lipinski definition) is 0. The number of nitrogens with zero attached hydrogens (tertiary/aromatic N) is 8. The minimum absolute atomic E-state index is 0.186. The topological polar surface area (TPSA) is 236 Å². The molecule has 0 aliphatic rings. The molecule has 0 spiro atoms. The smallest absolute Gasteiger partial charge is 0.170 e. The molecule has 0 fully saturated rings. The fourth-order valence-electron chi connectivity index (χ4n) is 11.1. The van der Waals surface area contributed by atoms with Crippen LogP contribution in [0.15, 0.2) is 255 Å². The molecule has 0 radical (unpaired) electrons. The molecule has 0 N–H and O–H groups in total. The summed E-state index contributed by atoms with van der Waals surface area (Å²) < 4.78 is 69.3. The van der Waals surface area contributed by atoms with Gasteiger partial charge in [0, 0.05) is 97.5 Å². The fraction of sp³-hybridized carbons (Fsp3) is 0.191. The molecule has 0 aliphatic carbocycles. The Bertz CT molecular complexity index is 5300. The van der Waals surface area contributed by atoms with Gasteiger partial charge in [-0.05, 0) is 180 Å². The largest absolute Gasteiger partial charge is 0.496 e. The summed E-state index contributed by atoms with van der Waals surface area (Å²) in [6.45, 7) is 27.3. The number of halogens is 3. The van der Waals surface area contributed by atoms with Crippen molar-refractivity contribution in [2.24, 2.45) is 0 Å². The molecule has 16 aromatic rings. The minimum atomic E-state index is -0.407. The van der Waals surface area contributed by atoms with E-state index in [-0.39, 0.29) is 5.75 Å². The summed E-state index contributed by atoms with van der Waals surface area (Å²) >= 11 is 12.0. The predicted molar refractivity (Wildman–Crippen MR) is 431 cm³/mol. The highest BCUT2D eigenvalue weighted by Crippen LogP contribution is 2.35. The van der Waals surface area contributed by atoms with E-state index in [1.54, 1.807) is 39.3 Å². The van der Waals surface area contributed by atoms with Crippen LogP contribution >= 0.6 is 23.2 Å². The summed E-state index contributed by atoms with van der Waals surface area (Å²) in [5.41, 5.74) is 21.6. The molecule has 0 bridgehead atoms. The summed E-state index contributed by atoms with van der Waals surface area (Å²) in [7, 11) is 4.71. The first-order valence-electron chi connectivity index (χ1n) is 35.2. The summed E-state index contributed by atoms with van der Waals surface area (Å²) in [5.74, 6) is 7.68. The van der Waals surface area contributed by atoms with Crippen LogP contribution in [0, 0.1) is 103 Å². The van der Waals surface area contributed by atoms with Gasteiger partial charge >= 0.3 is 0 Å². The molecule has 0 aliphatic heterocycles. The Morgan fingerprint density at radius 1 is 0.279 bits per heavy atom. The summed E-state index contributed by atoms with van der Waals surface area (Å²) in [5, 5.41) is 32.7. The highest BCUT2D eigenvalue weighted by atomic mass is 35.5. The van der Waals surface area contributed by atoms with Gasteiger partial charge < -0.3 is 50.4 Å². The van der Waals surface area contributed by atoms with E-state index in [1.165, 1.54) is 35.4 Å². The predicted octanol–water partition coefficient (Wildman–Crippen LogP) is 24.5. The van der Waals surface area contributed by atoms with Crippen molar-refractivity contribution < 1.29 is 54.8 Å². The van der Waals surface area contributed by atoms with Crippen LogP contribution in [0.25, 0.3) is 90.3 Å². The van der Waals surface area contributed by atoms with Gasteiger partial charge in [0.2, 0.25) is 0 Å². The molecule has 570 valence electrons. The molecule has 16 rings (SSSR count). The van der Waals surface area contributed by atoms with E-state index in [0.29, 0.717) is 17.0 Å². The van der Waals surface area contributed by atoms with Crippen molar-refractivity contribution in [2.75, 3.05) is 21.3 Å². The lowest BCUT2D eigenvalue weighted by atomic mass is 10.0. The maximum absolute atomic E-state index is 13.4. The molecular weight excluding hydrogens is 1450 g/mol. The maximum Gasteiger partial charge on any atom is 0.170 e. The van der Waals surface area contributed by atoms with Crippen molar-refractivity contribution >= 4 is 23.2 Å². The fourth-order valence-corrected chi connectivity index (χ4v) is 11.4. The van der Waals surface area contributed by atoms with Crippen molar-refractivity contribution in [3.8, 4) is 108 Å². The Kier molecular flexibility index (Phi) is 29.7. The van der Waals surface area contributed by atoms with Gasteiger partial charge in [-0.3, -0.25) is 0 Å². The third-order valence-electron chi connectivity index (χ3n) is 16.8. The quantitative estimate of drug-likeness (QED) is 0.117. The van der Waals surface area contributed by atoms with Gasteiger partial charge in [-0.15, -0.1) is 0 Å². The summed E-state index contributed by atoms with van der Waals surface area (Å²) in [6.07, 6.45) is 0. The molecule has 0 saturated heterocycles. The van der Waals surface area contributed by atoms with Crippen LogP contribution in [0.1, 0.15) is 79.3 Å². The zero-order valence-electron chi connectivity index (χ0n) is 65.0. The second-order valence-corrected chi connectivity index (χ2v) is 26.5. The van der Waals surface area contributed by atoms with Crippen molar-refractivity contribution in [1.29, 1.82) is 0 Å². The Balaban J connectivity index is 0.000000146. The van der Waals surface area contributed by atoms with Crippen LogP contribution < -0.4 is 14.2 Å². The van der Waals surface area contributed by atoms with Crippen LogP contribution in [0.3, 0.4) is 0 Å². The molecule has 0 atom stereocenters. The highest BCUT2D eigenvalue weighted by molar-refractivity contribution is 6.32. The summed E-state index contributed by atoms with van der Waals surface area (Å²) in [4.78, 5) is 0. The number of hydrogen-bond acceptors (Lipinski definition) is 19. The molecule has 22 heteroatoms. The molecular formula is C89H87Cl2FN8O11. The van der Waals surface area contributed by atoms with Gasteiger partial charge in [-0.1, -0.05) is 185 Å². The number of rotatable bonds is 11. The lowest BCUT2D eigenvalue weighted by Gasteiger charge is -2.05. The van der Waals surface area contributed by atoms with E-state index in [4.69, 9.17) is 73.6 Å². The van der Waals surface area contributed by atoms with Gasteiger partial charge in [-0.25, -0.2) is 4.39 Å². The van der Waals surface area contributed by atoms with Crippen molar-refractivity contribution in [2.45, 2.75) is 96.9 Å². The van der Waals surface area contributed by atoms with Crippen LogP contribution in [0.5, 0.6) is 17.2 Å². The molecule has 0 saturated carbocycles. The van der Waals surface area contributed by atoms with E-state index in [9.17, 15) is 4.39 Å². The third kappa shape index (κ3) is 23.2. The second kappa shape index (κ2) is 40.0. The first-order valence-corrected chi connectivity index (χ1v) is 35.9. The Hall–Kier alpha value is -12.7. The standard InChI is InChI=1S/2C12H13NO.2C11H10ClNO.C11H10FNO2.2C11H11NO2.C10H9NO/c1-8-4-9(2)6-11(5-8)12-7-10(3)14-13-12;1-8-5-4-6-11(10(8)3)12-7-9(2)14-13-12;1-7-6-11(13-14-7)9-4-3-5-10(12)8(9)2;1-7-6-11(14-13-7)9-4-3-5-10(12)8(9)2;1-7-6-10(13-15-7)8-4-3-5-9(12)11(8)14-2;1-8-7-10(12-14-8)9-5-3-4-6-11(9)13-2;1-8-7-11(14-12-8)9-5-3-4-6-10(9)13-2;1-8-7-10(12-11-8)9-5-3-2-4-6-9/h2*4-7H,1-3H3;2*3-6H,1-2H3;3-6H,1-2H3;2*3-7H,1-2H3;2-7H,1H3. The van der Waals surface area contributed by atoms with Gasteiger partial charge in [0.1, 0.15) is 68.8 Å². The molecule has 111 heavy (non-hydrogen) atoms. The van der Waals surface area contributed by atoms with Crippen LogP contribution in [-0.4, -0.2) is 62.6 Å². The zero-order chi connectivity index (χ0) is 79.7. The molecule has 0 amide bonds. The molecule has 19 nitrogen and oxygen atoms in total. The highest BCUT2D eigenvalue weighted by Gasteiger charge is 2.16. The van der Waals surface area contributed by atoms with E-state index < -0.39 is 5.82 Å². The van der Waals surface area contributed by atoms with Crippen LogP contribution in [-0.2, 0) is 0 Å². The average Bonchev–Trinajstić information content (AvgIpc) is 1.80. The molecule has 0 unspecified atom stereocenters. The van der Waals surface area contributed by atoms with Crippen LogP contribution in [0.2, 0.25) is 10.0 Å². The van der Waals surface area contributed by atoms with Crippen molar-refractivity contribution in [1.82, 2.24) is 41.3 Å². The van der Waals surface area contributed by atoms with E-state index >= 15 is 0 Å². The van der Waals surface area contributed by atoms with Crippen molar-refractivity contribution in [3.05, 3.63) is 314 Å². The first-order chi connectivity index (χ1) is 53.4.